The van der Waals surface area contributed by atoms with E-state index in [2.05, 4.69) is 17.1 Å². The molecule has 6 nitrogen and oxygen atoms in total. The standard InChI is InChI=1S/C23H43N5O/c1-2-3-4-5-6-7-8-9-10-11-12-13-14-15-18-21-26-22(29-27-21)20-17-16-19-28(20)23(24)25/h20H,2-19H2,1H3,(H3,24,25)/t20-/m0/s1. The molecule has 166 valence electrons. The monoisotopic (exact) mass is 405 g/mol. The number of likely N-dealkylation sites (tertiary alicyclic amines) is 1. The van der Waals surface area contributed by atoms with Gasteiger partial charge in [-0.05, 0) is 19.3 Å². The second-order valence-corrected chi connectivity index (χ2v) is 8.63. The van der Waals surface area contributed by atoms with Gasteiger partial charge in [-0.2, -0.15) is 4.98 Å². The van der Waals surface area contributed by atoms with Crippen LogP contribution in [0.3, 0.4) is 0 Å². The normalized spacial score (nSPS) is 16.6. The van der Waals surface area contributed by atoms with Crippen molar-refractivity contribution >= 4 is 5.96 Å². The van der Waals surface area contributed by atoms with E-state index in [0.29, 0.717) is 5.89 Å². The lowest BCUT2D eigenvalue weighted by Crippen LogP contribution is -2.35. The lowest BCUT2D eigenvalue weighted by molar-refractivity contribution is 0.282. The summed E-state index contributed by atoms with van der Waals surface area (Å²) in [4.78, 5) is 6.40. The maximum atomic E-state index is 7.66. The molecule has 6 heteroatoms. The number of guanidine groups is 1. The summed E-state index contributed by atoms with van der Waals surface area (Å²) in [5.74, 6) is 1.52. The van der Waals surface area contributed by atoms with E-state index < -0.39 is 0 Å². The largest absolute Gasteiger partial charge is 0.370 e. The fourth-order valence-corrected chi connectivity index (χ4v) is 4.29. The van der Waals surface area contributed by atoms with E-state index in [-0.39, 0.29) is 12.0 Å². The summed E-state index contributed by atoms with van der Waals surface area (Å²) in [6.45, 7) is 3.08. The number of unbranched alkanes of at least 4 members (excludes halogenated alkanes) is 13. The highest BCUT2D eigenvalue weighted by Crippen LogP contribution is 2.30. The second-order valence-electron chi connectivity index (χ2n) is 8.63. The first-order valence-corrected chi connectivity index (χ1v) is 12.2. The van der Waals surface area contributed by atoms with Gasteiger partial charge in [0, 0.05) is 13.0 Å². The van der Waals surface area contributed by atoms with Crippen LogP contribution in [0.4, 0.5) is 0 Å². The zero-order valence-electron chi connectivity index (χ0n) is 18.6. The highest BCUT2D eigenvalue weighted by Gasteiger charge is 2.31. The summed E-state index contributed by atoms with van der Waals surface area (Å²) in [5, 5.41) is 11.8. The summed E-state index contributed by atoms with van der Waals surface area (Å²) < 4.78 is 5.44. The van der Waals surface area contributed by atoms with Crippen LogP contribution in [0.25, 0.3) is 0 Å². The molecule has 0 aromatic carbocycles. The van der Waals surface area contributed by atoms with Crippen molar-refractivity contribution in [1.82, 2.24) is 15.0 Å². The maximum absolute atomic E-state index is 7.66. The van der Waals surface area contributed by atoms with Gasteiger partial charge in [-0.1, -0.05) is 95.6 Å². The van der Waals surface area contributed by atoms with Gasteiger partial charge in [0.2, 0.25) is 5.89 Å². The van der Waals surface area contributed by atoms with Gasteiger partial charge in [-0.25, -0.2) is 0 Å². The van der Waals surface area contributed by atoms with E-state index in [4.69, 9.17) is 15.7 Å². The van der Waals surface area contributed by atoms with Gasteiger partial charge in [0.05, 0.1) is 0 Å². The lowest BCUT2D eigenvalue weighted by atomic mass is 10.0. The smallest absolute Gasteiger partial charge is 0.249 e. The average molecular weight is 406 g/mol. The Hall–Kier alpha value is -1.59. The molecule has 0 aliphatic carbocycles. The zero-order chi connectivity index (χ0) is 20.7. The number of aromatic nitrogens is 2. The summed E-state index contributed by atoms with van der Waals surface area (Å²) in [6.07, 6.45) is 22.0. The molecule has 2 rings (SSSR count). The van der Waals surface area contributed by atoms with Crippen LogP contribution in [0.5, 0.6) is 0 Å². The van der Waals surface area contributed by atoms with Crippen LogP contribution in [0.2, 0.25) is 0 Å². The van der Waals surface area contributed by atoms with Crippen molar-refractivity contribution in [3.63, 3.8) is 0 Å². The summed E-state index contributed by atoms with van der Waals surface area (Å²) in [7, 11) is 0. The number of aryl methyl sites for hydroxylation is 1. The average Bonchev–Trinajstić information content (AvgIpc) is 3.37. The Bertz CT molecular complexity index is 559. The Labute approximate surface area is 177 Å². The van der Waals surface area contributed by atoms with Gasteiger partial charge in [-0.15, -0.1) is 0 Å². The molecule has 1 fully saturated rings. The Morgan fingerprint density at radius 3 is 2.07 bits per heavy atom. The Morgan fingerprint density at radius 2 is 1.52 bits per heavy atom. The van der Waals surface area contributed by atoms with Crippen LogP contribution in [0.15, 0.2) is 4.52 Å². The third-order valence-corrected chi connectivity index (χ3v) is 6.09. The number of nitrogens with two attached hydrogens (primary N) is 1. The molecule has 1 aromatic rings. The fourth-order valence-electron chi connectivity index (χ4n) is 4.29. The third-order valence-electron chi connectivity index (χ3n) is 6.09. The molecule has 1 aliphatic heterocycles. The number of nitrogens with zero attached hydrogens (tertiary/aromatic N) is 3. The molecule has 1 aromatic heterocycles. The molecule has 0 radical (unpaired) electrons. The number of hydrogen-bond donors (Lipinski definition) is 2. The molecule has 29 heavy (non-hydrogen) atoms. The third kappa shape index (κ3) is 9.18. The molecule has 0 unspecified atom stereocenters. The molecule has 1 aliphatic rings. The molecule has 0 saturated carbocycles. The van der Waals surface area contributed by atoms with Gasteiger partial charge in [0.25, 0.3) is 0 Å². The van der Waals surface area contributed by atoms with Gasteiger partial charge in [0.15, 0.2) is 11.8 Å². The van der Waals surface area contributed by atoms with Crippen molar-refractivity contribution in [2.45, 2.75) is 122 Å². The van der Waals surface area contributed by atoms with Gasteiger partial charge in [0.1, 0.15) is 6.04 Å². The minimum atomic E-state index is -0.00918. The molecule has 1 saturated heterocycles. The molecular formula is C23H43N5O. The van der Waals surface area contributed by atoms with Crippen LogP contribution in [0.1, 0.15) is 127 Å². The molecule has 2 heterocycles. The Balaban J connectivity index is 1.43. The quantitative estimate of drug-likeness (QED) is 0.196. The van der Waals surface area contributed by atoms with Crippen LogP contribution in [0, 0.1) is 5.41 Å². The number of rotatable bonds is 16. The van der Waals surface area contributed by atoms with Gasteiger partial charge < -0.3 is 15.2 Å². The fraction of sp³-hybridized carbons (Fsp3) is 0.870. The van der Waals surface area contributed by atoms with Crippen LogP contribution < -0.4 is 5.73 Å². The SMILES string of the molecule is CCCCCCCCCCCCCCCCc1noc([C@@H]2CCCN2C(=N)N)n1. The highest BCUT2D eigenvalue weighted by molar-refractivity contribution is 5.75. The van der Waals surface area contributed by atoms with Gasteiger partial charge >= 0.3 is 0 Å². The molecule has 0 amide bonds. The minimum absolute atomic E-state index is 0.00918. The second kappa shape index (κ2) is 14.4. The Kier molecular flexibility index (Phi) is 11.8. The highest BCUT2D eigenvalue weighted by atomic mass is 16.5. The van der Waals surface area contributed by atoms with Crippen molar-refractivity contribution in [3.05, 3.63) is 11.7 Å². The van der Waals surface area contributed by atoms with Crippen LogP contribution in [-0.2, 0) is 6.42 Å². The van der Waals surface area contributed by atoms with E-state index in [0.717, 1.165) is 38.1 Å². The topological polar surface area (TPSA) is 92.0 Å². The molecule has 1 atom stereocenters. The molecule has 0 bridgehead atoms. The van der Waals surface area contributed by atoms with E-state index in [1.54, 1.807) is 0 Å². The summed E-state index contributed by atoms with van der Waals surface area (Å²) in [6, 6.07) is -0.00918. The van der Waals surface area contributed by atoms with Crippen molar-refractivity contribution in [2.24, 2.45) is 5.73 Å². The first-order chi connectivity index (χ1) is 14.2. The first-order valence-electron chi connectivity index (χ1n) is 12.2. The summed E-state index contributed by atoms with van der Waals surface area (Å²) >= 11 is 0. The number of nitrogens with one attached hydrogen (secondary N) is 1. The number of hydrogen-bond acceptors (Lipinski definition) is 4. The first kappa shape index (κ1) is 23.7. The van der Waals surface area contributed by atoms with Crippen molar-refractivity contribution in [3.8, 4) is 0 Å². The van der Waals surface area contributed by atoms with Crippen molar-refractivity contribution < 1.29 is 4.52 Å². The Morgan fingerprint density at radius 1 is 0.966 bits per heavy atom. The van der Waals surface area contributed by atoms with Crippen LogP contribution >= 0.6 is 0 Å². The lowest BCUT2D eigenvalue weighted by Gasteiger charge is -2.21. The van der Waals surface area contributed by atoms with E-state index >= 15 is 0 Å². The van der Waals surface area contributed by atoms with Crippen molar-refractivity contribution in [2.75, 3.05) is 6.54 Å². The van der Waals surface area contributed by atoms with Gasteiger partial charge in [-0.3, -0.25) is 5.41 Å². The zero-order valence-corrected chi connectivity index (χ0v) is 18.6. The summed E-state index contributed by atoms with van der Waals surface area (Å²) in [5.41, 5.74) is 5.65. The maximum Gasteiger partial charge on any atom is 0.249 e. The van der Waals surface area contributed by atoms with E-state index in [1.807, 2.05) is 4.90 Å². The predicted octanol–water partition coefficient (Wildman–Crippen LogP) is 6.12. The van der Waals surface area contributed by atoms with E-state index in [9.17, 15) is 0 Å². The molecule has 3 N–H and O–H groups in total. The molecular weight excluding hydrogens is 362 g/mol. The van der Waals surface area contributed by atoms with E-state index in [1.165, 1.54) is 83.5 Å². The van der Waals surface area contributed by atoms with Crippen LogP contribution in [-0.4, -0.2) is 27.5 Å². The van der Waals surface area contributed by atoms with Crippen molar-refractivity contribution in [1.29, 1.82) is 5.41 Å². The molecule has 0 spiro atoms. The minimum Gasteiger partial charge on any atom is -0.370 e. The predicted molar refractivity (Wildman–Crippen MR) is 119 cm³/mol.